The van der Waals surface area contributed by atoms with Crippen molar-refractivity contribution < 1.29 is 22.0 Å². The van der Waals surface area contributed by atoms with Crippen LogP contribution in [0.1, 0.15) is 35.7 Å². The summed E-state index contributed by atoms with van der Waals surface area (Å²) in [5.41, 5.74) is -0.345. The first-order valence-corrected chi connectivity index (χ1v) is 8.30. The molecule has 23 heavy (non-hydrogen) atoms. The van der Waals surface area contributed by atoms with E-state index in [2.05, 4.69) is 0 Å². The maximum Gasteiger partial charge on any atom is 0.261 e. The van der Waals surface area contributed by atoms with Gasteiger partial charge in [0.05, 0.1) is 16.1 Å². The maximum atomic E-state index is 14.0. The highest BCUT2D eigenvalue weighted by Gasteiger charge is 2.19. The van der Waals surface area contributed by atoms with Crippen molar-refractivity contribution in [2.75, 3.05) is 4.72 Å². The Hall–Kier alpha value is -2.28. The van der Waals surface area contributed by atoms with Crippen LogP contribution in [0.3, 0.4) is 0 Å². The van der Waals surface area contributed by atoms with Gasteiger partial charge in [-0.15, -0.1) is 0 Å². The number of hydrogen-bond donors (Lipinski definition) is 1. The molecule has 0 aromatic heterocycles. The monoisotopic (exact) mass is 339 g/mol. The fourth-order valence-corrected chi connectivity index (χ4v) is 3.05. The second-order valence-corrected chi connectivity index (χ2v) is 6.95. The number of aldehydes is 1. The normalized spacial score (nSPS) is 11.5. The van der Waals surface area contributed by atoms with E-state index in [4.69, 9.17) is 0 Å². The number of anilines is 1. The lowest BCUT2D eigenvalue weighted by atomic mass is 10.0. The van der Waals surface area contributed by atoms with Gasteiger partial charge in [0.25, 0.3) is 10.0 Å². The van der Waals surface area contributed by atoms with E-state index >= 15 is 0 Å². The first-order valence-electron chi connectivity index (χ1n) is 6.82. The molecule has 0 aliphatic rings. The van der Waals surface area contributed by atoms with Crippen LogP contribution in [0, 0.1) is 11.6 Å². The zero-order valence-corrected chi connectivity index (χ0v) is 13.3. The van der Waals surface area contributed by atoms with E-state index in [1.54, 1.807) is 12.1 Å². The van der Waals surface area contributed by atoms with Crippen molar-refractivity contribution in [3.63, 3.8) is 0 Å². The number of carbonyl (C=O) groups excluding carboxylic acids is 1. The molecule has 0 spiro atoms. The van der Waals surface area contributed by atoms with Crippen molar-refractivity contribution in [2.45, 2.75) is 24.7 Å². The Kier molecular flexibility index (Phi) is 4.79. The Bertz CT molecular complexity index is 831. The summed E-state index contributed by atoms with van der Waals surface area (Å²) in [6, 6.07) is 7.89. The number of nitrogens with one attached hydrogen (secondary N) is 1. The summed E-state index contributed by atoms with van der Waals surface area (Å²) in [6.07, 6.45) is -0.000103. The lowest BCUT2D eigenvalue weighted by molar-refractivity contribution is 0.111. The van der Waals surface area contributed by atoms with Crippen molar-refractivity contribution in [1.29, 1.82) is 0 Å². The van der Waals surface area contributed by atoms with Gasteiger partial charge >= 0.3 is 0 Å². The number of rotatable bonds is 5. The summed E-state index contributed by atoms with van der Waals surface area (Å²) < 4.78 is 53.8. The van der Waals surface area contributed by atoms with Crippen molar-refractivity contribution in [3.8, 4) is 0 Å². The van der Waals surface area contributed by atoms with Crippen molar-refractivity contribution in [3.05, 3.63) is 59.2 Å². The van der Waals surface area contributed by atoms with Gasteiger partial charge in [0.1, 0.15) is 5.82 Å². The molecule has 0 radical (unpaired) electrons. The van der Waals surface area contributed by atoms with Gasteiger partial charge in [0.15, 0.2) is 12.1 Å². The Morgan fingerprint density at radius 1 is 1.04 bits per heavy atom. The topological polar surface area (TPSA) is 63.2 Å². The zero-order chi connectivity index (χ0) is 17.2. The van der Waals surface area contributed by atoms with Crippen LogP contribution >= 0.6 is 0 Å². The summed E-state index contributed by atoms with van der Waals surface area (Å²) in [7, 11) is -4.04. The zero-order valence-electron chi connectivity index (χ0n) is 12.5. The predicted octanol–water partition coefficient (Wildman–Crippen LogP) is 3.70. The minimum Gasteiger partial charge on any atom is -0.298 e. The SMILES string of the molecule is CC(C)c1ccc(S(=O)(=O)Nc2ccc(F)c(C=O)c2F)cc1. The predicted molar refractivity (Wildman–Crippen MR) is 83.1 cm³/mol. The summed E-state index contributed by atoms with van der Waals surface area (Å²) in [6.45, 7) is 3.94. The molecule has 2 rings (SSSR count). The van der Waals surface area contributed by atoms with Gasteiger partial charge < -0.3 is 0 Å². The molecule has 0 amide bonds. The van der Waals surface area contributed by atoms with Gasteiger partial charge in [0.2, 0.25) is 0 Å². The Balaban J connectivity index is 2.37. The van der Waals surface area contributed by atoms with E-state index in [9.17, 15) is 22.0 Å². The molecule has 4 nitrogen and oxygen atoms in total. The van der Waals surface area contributed by atoms with Crippen molar-refractivity contribution >= 4 is 22.0 Å². The molecule has 0 aliphatic carbocycles. The third kappa shape index (κ3) is 3.56. The number of hydrogen-bond acceptors (Lipinski definition) is 3. The van der Waals surface area contributed by atoms with Crippen LogP contribution in [0.25, 0.3) is 0 Å². The summed E-state index contributed by atoms with van der Waals surface area (Å²) in [5, 5.41) is 0. The minimum atomic E-state index is -4.04. The van der Waals surface area contributed by atoms with Crippen LogP contribution in [0.4, 0.5) is 14.5 Å². The van der Waals surface area contributed by atoms with Crippen LogP contribution in [-0.4, -0.2) is 14.7 Å². The Labute approximate surface area is 133 Å². The third-order valence-electron chi connectivity index (χ3n) is 3.35. The molecule has 0 saturated heterocycles. The lowest BCUT2D eigenvalue weighted by Crippen LogP contribution is -2.15. The van der Waals surface area contributed by atoms with Crippen molar-refractivity contribution in [1.82, 2.24) is 0 Å². The first-order chi connectivity index (χ1) is 10.8. The molecule has 0 bridgehead atoms. The summed E-state index contributed by atoms with van der Waals surface area (Å²) in [4.78, 5) is 10.6. The second-order valence-electron chi connectivity index (χ2n) is 5.27. The third-order valence-corrected chi connectivity index (χ3v) is 4.73. The second kappa shape index (κ2) is 6.45. The van der Waals surface area contributed by atoms with E-state index in [-0.39, 0.29) is 17.1 Å². The Morgan fingerprint density at radius 3 is 2.17 bits per heavy atom. The van der Waals surface area contributed by atoms with E-state index in [1.165, 1.54) is 12.1 Å². The van der Waals surface area contributed by atoms with Crippen LogP contribution in [-0.2, 0) is 10.0 Å². The molecule has 0 fully saturated rings. The molecule has 0 saturated carbocycles. The summed E-state index contributed by atoms with van der Waals surface area (Å²) in [5.74, 6) is -2.06. The highest BCUT2D eigenvalue weighted by molar-refractivity contribution is 7.92. The highest BCUT2D eigenvalue weighted by atomic mass is 32.2. The maximum absolute atomic E-state index is 14.0. The molecule has 0 aliphatic heterocycles. The fourth-order valence-electron chi connectivity index (χ4n) is 1.99. The quantitative estimate of drug-likeness (QED) is 0.845. The van der Waals surface area contributed by atoms with Crippen LogP contribution in [0.15, 0.2) is 41.3 Å². The molecule has 0 atom stereocenters. The lowest BCUT2D eigenvalue weighted by Gasteiger charge is -2.11. The van der Waals surface area contributed by atoms with E-state index in [0.29, 0.717) is 0 Å². The molecule has 0 heterocycles. The van der Waals surface area contributed by atoms with Gasteiger partial charge in [-0.1, -0.05) is 26.0 Å². The largest absolute Gasteiger partial charge is 0.298 e. The molecule has 2 aromatic carbocycles. The van der Waals surface area contributed by atoms with Crippen LogP contribution in [0.5, 0.6) is 0 Å². The average molecular weight is 339 g/mol. The molecule has 2 aromatic rings. The number of halogens is 2. The standard InChI is InChI=1S/C16H15F2NO3S/c1-10(2)11-3-5-12(6-4-11)23(21,22)19-15-8-7-14(17)13(9-20)16(15)18/h3-10,19H,1-2H3. The molecular weight excluding hydrogens is 324 g/mol. The highest BCUT2D eigenvalue weighted by Crippen LogP contribution is 2.24. The fraction of sp³-hybridized carbons (Fsp3) is 0.188. The van der Waals surface area contributed by atoms with Gasteiger partial charge in [-0.05, 0) is 35.7 Å². The van der Waals surface area contributed by atoms with Gasteiger partial charge in [0, 0.05) is 0 Å². The van der Waals surface area contributed by atoms with Gasteiger partial charge in [-0.25, -0.2) is 17.2 Å². The van der Waals surface area contributed by atoms with Crippen LogP contribution < -0.4 is 4.72 Å². The molecule has 0 unspecified atom stereocenters. The van der Waals surface area contributed by atoms with E-state index in [0.717, 1.165) is 17.7 Å². The molecule has 122 valence electrons. The first kappa shape index (κ1) is 17.1. The molecule has 1 N–H and O–H groups in total. The van der Waals surface area contributed by atoms with E-state index in [1.807, 2.05) is 18.6 Å². The number of benzene rings is 2. The van der Waals surface area contributed by atoms with Gasteiger partial charge in [-0.3, -0.25) is 9.52 Å². The van der Waals surface area contributed by atoms with Crippen LogP contribution in [0.2, 0.25) is 0 Å². The number of carbonyl (C=O) groups is 1. The molecule has 7 heteroatoms. The smallest absolute Gasteiger partial charge is 0.261 e. The van der Waals surface area contributed by atoms with E-state index < -0.39 is 32.9 Å². The average Bonchev–Trinajstić information content (AvgIpc) is 2.51. The van der Waals surface area contributed by atoms with Crippen molar-refractivity contribution in [2.24, 2.45) is 0 Å². The number of sulfonamides is 1. The molecular formula is C16H15F2NO3S. The Morgan fingerprint density at radius 2 is 1.65 bits per heavy atom. The minimum absolute atomic E-state index is 0.000103. The summed E-state index contributed by atoms with van der Waals surface area (Å²) >= 11 is 0. The van der Waals surface area contributed by atoms with Gasteiger partial charge in [-0.2, -0.15) is 0 Å².